The maximum absolute atomic E-state index is 12.3. The highest BCUT2D eigenvalue weighted by molar-refractivity contribution is 5.91. The number of aryl methyl sites for hydroxylation is 2. The first-order valence-electron chi connectivity index (χ1n) is 8.27. The highest BCUT2D eigenvalue weighted by Crippen LogP contribution is 2.43. The fourth-order valence-corrected chi connectivity index (χ4v) is 3.38. The number of para-hydroxylation sites is 1. The number of urea groups is 1. The van der Waals surface area contributed by atoms with Gasteiger partial charge in [-0.3, -0.25) is 0 Å². The van der Waals surface area contributed by atoms with Gasteiger partial charge in [0.05, 0.1) is 0 Å². The molecule has 2 aromatic rings. The van der Waals surface area contributed by atoms with Crippen LogP contribution in [0.2, 0.25) is 0 Å². The predicted octanol–water partition coefficient (Wildman–Crippen LogP) is 4.55. The van der Waals surface area contributed by atoms with E-state index in [9.17, 15) is 4.79 Å². The minimum Gasteiger partial charge on any atom is -0.337 e. The molecule has 23 heavy (non-hydrogen) atoms. The van der Waals surface area contributed by atoms with Crippen LogP contribution in [-0.2, 0) is 5.41 Å². The highest BCUT2D eigenvalue weighted by Gasteiger charge is 2.38. The average Bonchev–Trinajstić information content (AvgIpc) is 2.51. The molecule has 0 atom stereocenters. The molecule has 0 heterocycles. The van der Waals surface area contributed by atoms with Gasteiger partial charge in [0, 0.05) is 17.6 Å². The Balaban J connectivity index is 1.65. The standard InChI is InChI=1S/C20H24N2O/c1-15-8-6-9-16(2)18(15)22-19(23)21-14-20(12-7-13-20)17-10-4-3-5-11-17/h3-6,8-11H,7,12-14H2,1-2H3,(H2,21,22,23). The quantitative estimate of drug-likeness (QED) is 0.855. The third-order valence-corrected chi connectivity index (χ3v) is 5.00. The van der Waals surface area contributed by atoms with Crippen molar-refractivity contribution >= 4 is 11.7 Å². The van der Waals surface area contributed by atoms with Crippen LogP contribution in [0.1, 0.15) is 36.0 Å². The fourth-order valence-electron chi connectivity index (χ4n) is 3.38. The minimum absolute atomic E-state index is 0.110. The molecule has 0 unspecified atom stereocenters. The molecule has 1 aliphatic rings. The van der Waals surface area contributed by atoms with Gasteiger partial charge in [-0.15, -0.1) is 0 Å². The Morgan fingerprint density at radius 3 is 2.22 bits per heavy atom. The summed E-state index contributed by atoms with van der Waals surface area (Å²) in [5, 5.41) is 6.08. The normalized spacial score (nSPS) is 15.6. The molecule has 3 nitrogen and oxygen atoms in total. The van der Waals surface area contributed by atoms with Gasteiger partial charge in [-0.1, -0.05) is 55.0 Å². The topological polar surface area (TPSA) is 41.1 Å². The summed E-state index contributed by atoms with van der Waals surface area (Å²) in [7, 11) is 0. The van der Waals surface area contributed by atoms with Crippen LogP contribution in [0.4, 0.5) is 10.5 Å². The summed E-state index contributed by atoms with van der Waals surface area (Å²) in [4.78, 5) is 12.3. The fraction of sp³-hybridized carbons (Fsp3) is 0.350. The van der Waals surface area contributed by atoms with E-state index >= 15 is 0 Å². The predicted molar refractivity (Wildman–Crippen MR) is 94.9 cm³/mol. The summed E-state index contributed by atoms with van der Waals surface area (Å²) in [5.74, 6) is 0. The zero-order valence-corrected chi connectivity index (χ0v) is 13.9. The maximum Gasteiger partial charge on any atom is 0.319 e. The van der Waals surface area contributed by atoms with Crippen LogP contribution in [0, 0.1) is 13.8 Å². The zero-order valence-electron chi connectivity index (χ0n) is 13.9. The van der Waals surface area contributed by atoms with E-state index in [1.54, 1.807) is 0 Å². The van der Waals surface area contributed by atoms with Crippen molar-refractivity contribution in [3.63, 3.8) is 0 Å². The molecule has 1 aliphatic carbocycles. The van der Waals surface area contributed by atoms with Gasteiger partial charge >= 0.3 is 6.03 Å². The largest absolute Gasteiger partial charge is 0.337 e. The summed E-state index contributed by atoms with van der Waals surface area (Å²) in [6.45, 7) is 4.72. The Kier molecular flexibility index (Phi) is 4.37. The Bertz CT molecular complexity index is 670. The van der Waals surface area contributed by atoms with Crippen LogP contribution in [0.25, 0.3) is 0 Å². The first kappa shape index (κ1) is 15.6. The second-order valence-electron chi connectivity index (χ2n) is 6.57. The Labute approximate surface area is 138 Å². The lowest BCUT2D eigenvalue weighted by molar-refractivity contribution is 0.222. The summed E-state index contributed by atoms with van der Waals surface area (Å²) in [6.07, 6.45) is 3.51. The summed E-state index contributed by atoms with van der Waals surface area (Å²) in [5.41, 5.74) is 4.52. The van der Waals surface area contributed by atoms with Crippen molar-refractivity contribution in [2.75, 3.05) is 11.9 Å². The van der Waals surface area contributed by atoms with E-state index in [1.807, 2.05) is 38.1 Å². The van der Waals surface area contributed by atoms with Gasteiger partial charge in [0.2, 0.25) is 0 Å². The molecule has 0 aromatic heterocycles. The number of hydrogen-bond acceptors (Lipinski definition) is 1. The van der Waals surface area contributed by atoms with Gasteiger partial charge in [0.25, 0.3) is 0 Å². The summed E-state index contributed by atoms with van der Waals surface area (Å²) in [6, 6.07) is 16.4. The van der Waals surface area contributed by atoms with Gasteiger partial charge in [-0.2, -0.15) is 0 Å². The van der Waals surface area contributed by atoms with Gasteiger partial charge < -0.3 is 10.6 Å². The smallest absolute Gasteiger partial charge is 0.319 e. The van der Waals surface area contributed by atoms with Gasteiger partial charge in [0.1, 0.15) is 0 Å². The number of amides is 2. The lowest BCUT2D eigenvalue weighted by atomic mass is 9.64. The molecule has 2 aromatic carbocycles. The van der Waals surface area contributed by atoms with Gasteiger partial charge in [-0.25, -0.2) is 4.79 Å². The van der Waals surface area contributed by atoms with Crippen molar-refractivity contribution in [3.8, 4) is 0 Å². The van der Waals surface area contributed by atoms with Gasteiger partial charge in [-0.05, 0) is 43.4 Å². The first-order valence-corrected chi connectivity index (χ1v) is 8.27. The number of rotatable bonds is 4. The van der Waals surface area contributed by atoms with Crippen molar-refractivity contribution in [1.29, 1.82) is 0 Å². The van der Waals surface area contributed by atoms with Crippen LogP contribution in [0.5, 0.6) is 0 Å². The molecule has 0 bridgehead atoms. The van der Waals surface area contributed by atoms with Crippen molar-refractivity contribution in [1.82, 2.24) is 5.32 Å². The molecule has 0 saturated heterocycles. The Morgan fingerprint density at radius 2 is 1.65 bits per heavy atom. The van der Waals surface area contributed by atoms with E-state index in [0.29, 0.717) is 6.54 Å². The van der Waals surface area contributed by atoms with E-state index < -0.39 is 0 Å². The Hall–Kier alpha value is -2.29. The third-order valence-electron chi connectivity index (χ3n) is 5.00. The molecule has 3 rings (SSSR count). The number of carbonyl (C=O) groups excluding carboxylic acids is 1. The second kappa shape index (κ2) is 6.45. The SMILES string of the molecule is Cc1cccc(C)c1NC(=O)NCC1(c2ccccc2)CCC1. The lowest BCUT2D eigenvalue weighted by Crippen LogP contribution is -2.46. The van der Waals surface area contributed by atoms with Crippen LogP contribution < -0.4 is 10.6 Å². The van der Waals surface area contributed by atoms with E-state index in [2.05, 4.69) is 34.9 Å². The molecule has 120 valence electrons. The monoisotopic (exact) mass is 308 g/mol. The Morgan fingerprint density at radius 1 is 1.00 bits per heavy atom. The van der Waals surface area contributed by atoms with Crippen LogP contribution in [0.15, 0.2) is 48.5 Å². The molecular formula is C20H24N2O. The molecule has 0 aliphatic heterocycles. The maximum atomic E-state index is 12.3. The zero-order chi connectivity index (χ0) is 16.3. The van der Waals surface area contributed by atoms with E-state index in [0.717, 1.165) is 29.7 Å². The molecule has 2 amide bonds. The van der Waals surface area contributed by atoms with E-state index in [-0.39, 0.29) is 11.4 Å². The van der Waals surface area contributed by atoms with Gasteiger partial charge in [0.15, 0.2) is 0 Å². The van der Waals surface area contributed by atoms with E-state index in [4.69, 9.17) is 0 Å². The van der Waals surface area contributed by atoms with E-state index in [1.165, 1.54) is 12.0 Å². The summed E-state index contributed by atoms with van der Waals surface area (Å²) < 4.78 is 0. The average molecular weight is 308 g/mol. The number of benzene rings is 2. The number of carbonyl (C=O) groups is 1. The van der Waals surface area contributed by atoms with Crippen molar-refractivity contribution < 1.29 is 4.79 Å². The molecule has 0 spiro atoms. The van der Waals surface area contributed by atoms with Crippen LogP contribution in [-0.4, -0.2) is 12.6 Å². The van der Waals surface area contributed by atoms with Crippen LogP contribution in [0.3, 0.4) is 0 Å². The molecule has 2 N–H and O–H groups in total. The highest BCUT2D eigenvalue weighted by atomic mass is 16.2. The van der Waals surface area contributed by atoms with Crippen molar-refractivity contribution in [2.45, 2.75) is 38.5 Å². The molecular weight excluding hydrogens is 284 g/mol. The lowest BCUT2D eigenvalue weighted by Gasteiger charge is -2.42. The minimum atomic E-state index is -0.121. The number of hydrogen-bond donors (Lipinski definition) is 2. The molecule has 0 radical (unpaired) electrons. The molecule has 1 saturated carbocycles. The number of anilines is 1. The first-order chi connectivity index (χ1) is 11.1. The number of nitrogens with one attached hydrogen (secondary N) is 2. The molecule has 3 heteroatoms. The third kappa shape index (κ3) is 3.24. The summed E-state index contributed by atoms with van der Waals surface area (Å²) >= 11 is 0. The molecule has 1 fully saturated rings. The van der Waals surface area contributed by atoms with Crippen LogP contribution >= 0.6 is 0 Å². The second-order valence-corrected chi connectivity index (χ2v) is 6.57. The van der Waals surface area contributed by atoms with Crippen molar-refractivity contribution in [3.05, 3.63) is 65.2 Å². The van der Waals surface area contributed by atoms with Crippen molar-refractivity contribution in [2.24, 2.45) is 0 Å².